The highest BCUT2D eigenvalue weighted by Crippen LogP contribution is 2.26. The second-order valence-corrected chi connectivity index (χ2v) is 6.15. The number of amides is 1. The lowest BCUT2D eigenvalue weighted by atomic mass is 10.2. The molecule has 0 aliphatic carbocycles. The minimum absolute atomic E-state index is 0.158. The number of benzene rings is 1. The second-order valence-electron chi connectivity index (χ2n) is 6.15. The average Bonchev–Trinajstić information content (AvgIpc) is 2.80. The molecule has 2 rings (SSSR count). The average molecular weight is 317 g/mol. The van der Waals surface area contributed by atoms with Gasteiger partial charge in [0.05, 0.1) is 6.54 Å². The van der Waals surface area contributed by atoms with Gasteiger partial charge in [-0.15, -0.1) is 0 Å². The number of rotatable bonds is 2. The molecule has 1 aromatic carbocycles. The van der Waals surface area contributed by atoms with E-state index in [9.17, 15) is 18.0 Å². The zero-order chi connectivity index (χ0) is 16.5. The van der Waals surface area contributed by atoms with Gasteiger partial charge in [0.25, 0.3) is 0 Å². The molecule has 1 aliphatic rings. The Labute approximate surface area is 126 Å². The van der Waals surface area contributed by atoms with E-state index in [2.05, 4.69) is 0 Å². The number of nitrogens with zero attached hydrogens (tertiary/aromatic N) is 1. The SMILES string of the molecule is CC(C)(C)OC(=O)N1CCC(Oc2c(F)cc(F)cc2F)C1. The van der Waals surface area contributed by atoms with Crippen LogP contribution in [0.3, 0.4) is 0 Å². The van der Waals surface area contributed by atoms with Gasteiger partial charge in [0.2, 0.25) is 0 Å². The molecule has 0 radical (unpaired) electrons. The van der Waals surface area contributed by atoms with Crippen LogP contribution in [0.4, 0.5) is 18.0 Å². The number of halogens is 3. The molecule has 1 saturated heterocycles. The van der Waals surface area contributed by atoms with E-state index in [4.69, 9.17) is 9.47 Å². The molecule has 1 unspecified atom stereocenters. The van der Waals surface area contributed by atoms with Crippen LogP contribution < -0.4 is 4.74 Å². The molecule has 0 bridgehead atoms. The van der Waals surface area contributed by atoms with Crippen molar-refractivity contribution in [3.63, 3.8) is 0 Å². The summed E-state index contributed by atoms with van der Waals surface area (Å²) in [6.07, 6.45) is -0.657. The van der Waals surface area contributed by atoms with Crippen LogP contribution in [-0.4, -0.2) is 35.8 Å². The molecular formula is C15H18F3NO3. The highest BCUT2D eigenvalue weighted by molar-refractivity contribution is 5.68. The second kappa shape index (κ2) is 6.06. The van der Waals surface area contributed by atoms with Gasteiger partial charge < -0.3 is 14.4 Å². The molecule has 1 aromatic rings. The van der Waals surface area contributed by atoms with Crippen LogP contribution in [0.5, 0.6) is 5.75 Å². The van der Waals surface area contributed by atoms with E-state index >= 15 is 0 Å². The third-order valence-electron chi connectivity index (χ3n) is 3.04. The molecule has 1 fully saturated rings. The van der Waals surface area contributed by atoms with Crippen molar-refractivity contribution in [2.45, 2.75) is 38.9 Å². The Morgan fingerprint density at radius 2 is 1.82 bits per heavy atom. The molecule has 1 atom stereocenters. The van der Waals surface area contributed by atoms with Gasteiger partial charge in [-0.1, -0.05) is 0 Å². The van der Waals surface area contributed by atoms with Crippen molar-refractivity contribution >= 4 is 6.09 Å². The molecule has 1 amide bonds. The topological polar surface area (TPSA) is 38.8 Å². The first kappa shape index (κ1) is 16.5. The fraction of sp³-hybridized carbons (Fsp3) is 0.533. The van der Waals surface area contributed by atoms with Gasteiger partial charge in [-0.2, -0.15) is 0 Å². The first-order valence-electron chi connectivity index (χ1n) is 6.95. The van der Waals surface area contributed by atoms with Crippen molar-refractivity contribution in [2.24, 2.45) is 0 Å². The van der Waals surface area contributed by atoms with Crippen molar-refractivity contribution in [3.05, 3.63) is 29.6 Å². The van der Waals surface area contributed by atoms with Crippen molar-refractivity contribution < 1.29 is 27.4 Å². The number of carbonyl (C=O) groups is 1. The molecule has 22 heavy (non-hydrogen) atoms. The third-order valence-corrected chi connectivity index (χ3v) is 3.04. The van der Waals surface area contributed by atoms with Gasteiger partial charge >= 0.3 is 6.09 Å². The molecule has 0 saturated carbocycles. The molecule has 1 aliphatic heterocycles. The Bertz CT molecular complexity index is 549. The predicted octanol–water partition coefficient (Wildman–Crippen LogP) is 3.49. The lowest BCUT2D eigenvalue weighted by molar-refractivity contribution is 0.0274. The van der Waals surface area contributed by atoms with Crippen LogP contribution in [0.15, 0.2) is 12.1 Å². The molecule has 4 nitrogen and oxygen atoms in total. The molecule has 7 heteroatoms. The summed E-state index contributed by atoms with van der Waals surface area (Å²) in [6.45, 7) is 5.77. The summed E-state index contributed by atoms with van der Waals surface area (Å²) in [4.78, 5) is 13.3. The summed E-state index contributed by atoms with van der Waals surface area (Å²) in [5, 5.41) is 0. The van der Waals surface area contributed by atoms with Crippen molar-refractivity contribution in [1.29, 1.82) is 0 Å². The highest BCUT2D eigenvalue weighted by Gasteiger charge is 2.32. The lowest BCUT2D eigenvalue weighted by Gasteiger charge is -2.24. The standard InChI is InChI=1S/C15H18F3NO3/c1-15(2,3)22-14(20)19-5-4-10(8-19)21-13-11(17)6-9(16)7-12(13)18/h6-7,10H,4-5,8H2,1-3H3. The van der Waals surface area contributed by atoms with E-state index < -0.39 is 41.0 Å². The molecule has 0 aromatic heterocycles. The van der Waals surface area contributed by atoms with E-state index in [0.29, 0.717) is 25.1 Å². The maximum absolute atomic E-state index is 13.5. The molecular weight excluding hydrogens is 299 g/mol. The van der Waals surface area contributed by atoms with Crippen molar-refractivity contribution in [2.75, 3.05) is 13.1 Å². The fourth-order valence-electron chi connectivity index (χ4n) is 2.12. The summed E-state index contributed by atoms with van der Waals surface area (Å²) < 4.78 is 50.4. The van der Waals surface area contributed by atoms with E-state index in [1.807, 2.05) is 0 Å². The summed E-state index contributed by atoms with van der Waals surface area (Å²) in [7, 11) is 0. The van der Waals surface area contributed by atoms with Gasteiger partial charge in [-0.25, -0.2) is 18.0 Å². The number of hydrogen-bond acceptors (Lipinski definition) is 3. The zero-order valence-corrected chi connectivity index (χ0v) is 12.7. The maximum Gasteiger partial charge on any atom is 0.410 e. The Balaban J connectivity index is 1.99. The molecule has 0 N–H and O–H groups in total. The van der Waals surface area contributed by atoms with Gasteiger partial charge in [0.1, 0.15) is 17.5 Å². The normalized spacial score (nSPS) is 18.5. The monoisotopic (exact) mass is 317 g/mol. The summed E-state index contributed by atoms with van der Waals surface area (Å²) in [5.74, 6) is -3.84. The van der Waals surface area contributed by atoms with Crippen LogP contribution in [0.2, 0.25) is 0 Å². The lowest BCUT2D eigenvalue weighted by Crippen LogP contribution is -2.36. The summed E-state index contributed by atoms with van der Waals surface area (Å²) in [6, 6.07) is 1.11. The van der Waals surface area contributed by atoms with Gasteiger partial charge in [0, 0.05) is 25.1 Å². The zero-order valence-electron chi connectivity index (χ0n) is 12.7. The fourth-order valence-corrected chi connectivity index (χ4v) is 2.12. The van der Waals surface area contributed by atoms with E-state index in [1.54, 1.807) is 20.8 Å². The largest absolute Gasteiger partial charge is 0.482 e. The molecule has 1 heterocycles. The van der Waals surface area contributed by atoms with Crippen molar-refractivity contribution in [3.8, 4) is 5.75 Å². The highest BCUT2D eigenvalue weighted by atomic mass is 19.1. The summed E-state index contributed by atoms with van der Waals surface area (Å²) >= 11 is 0. The first-order valence-corrected chi connectivity index (χ1v) is 6.95. The van der Waals surface area contributed by atoms with Gasteiger partial charge in [-0.3, -0.25) is 0 Å². The molecule has 0 spiro atoms. The first-order chi connectivity index (χ1) is 10.2. The van der Waals surface area contributed by atoms with Crippen LogP contribution in [0, 0.1) is 17.5 Å². The maximum atomic E-state index is 13.5. The van der Waals surface area contributed by atoms with Crippen LogP contribution >= 0.6 is 0 Å². The number of likely N-dealkylation sites (tertiary alicyclic amines) is 1. The predicted molar refractivity (Wildman–Crippen MR) is 73.2 cm³/mol. The summed E-state index contributed by atoms with van der Waals surface area (Å²) in [5.41, 5.74) is -0.620. The molecule has 122 valence electrons. The van der Waals surface area contributed by atoms with Crippen molar-refractivity contribution in [1.82, 2.24) is 4.90 Å². The minimum atomic E-state index is -1.10. The van der Waals surface area contributed by atoms with Crippen LogP contribution in [-0.2, 0) is 4.74 Å². The number of hydrogen-bond donors (Lipinski definition) is 0. The van der Waals surface area contributed by atoms with Crippen LogP contribution in [0.25, 0.3) is 0 Å². The number of carbonyl (C=O) groups excluding carboxylic acids is 1. The Hall–Kier alpha value is -1.92. The number of ether oxygens (including phenoxy) is 2. The van der Waals surface area contributed by atoms with E-state index in [1.165, 1.54) is 4.90 Å². The Kier molecular flexibility index (Phi) is 4.53. The quantitative estimate of drug-likeness (QED) is 0.838. The smallest absolute Gasteiger partial charge is 0.410 e. The van der Waals surface area contributed by atoms with Gasteiger partial charge in [-0.05, 0) is 20.8 Å². The third kappa shape index (κ3) is 4.05. The van der Waals surface area contributed by atoms with Gasteiger partial charge in [0.15, 0.2) is 17.4 Å². The van der Waals surface area contributed by atoms with E-state index in [0.717, 1.165) is 0 Å². The van der Waals surface area contributed by atoms with E-state index in [-0.39, 0.29) is 6.54 Å². The van der Waals surface area contributed by atoms with Crippen LogP contribution in [0.1, 0.15) is 27.2 Å². The Morgan fingerprint density at radius 1 is 1.23 bits per heavy atom. The minimum Gasteiger partial charge on any atom is -0.482 e. The Morgan fingerprint density at radius 3 is 2.36 bits per heavy atom.